The number of carboxylic acid groups (broad SMARTS) is 2. The zero-order valence-electron chi connectivity index (χ0n) is 35.8. The molecule has 0 radical (unpaired) electrons. The van der Waals surface area contributed by atoms with Crippen molar-refractivity contribution in [3.8, 4) is 0 Å². The van der Waals surface area contributed by atoms with E-state index in [0.717, 1.165) is 38.5 Å². The van der Waals surface area contributed by atoms with Crippen LogP contribution < -0.4 is 32.7 Å². The first-order valence-corrected chi connectivity index (χ1v) is 21.8. The van der Waals surface area contributed by atoms with Gasteiger partial charge in [0.05, 0.1) is 45.7 Å². The lowest BCUT2D eigenvalue weighted by molar-refractivity contribution is -0.142. The summed E-state index contributed by atoms with van der Waals surface area (Å²) in [5.41, 5.74) is 10.6. The van der Waals surface area contributed by atoms with Gasteiger partial charge in [-0.1, -0.05) is 77.0 Å². The summed E-state index contributed by atoms with van der Waals surface area (Å²) in [5.74, 6) is -3.73. The lowest BCUT2D eigenvalue weighted by Gasteiger charge is -2.14. The monoisotopic (exact) mass is 861 g/mol. The number of aliphatic carboxylic acids is 2. The first-order valence-electron chi connectivity index (χ1n) is 21.8. The molecule has 19 heteroatoms. The Kier molecular flexibility index (Phi) is 37.9. The molecule has 0 aromatic rings. The van der Waals surface area contributed by atoms with Gasteiger partial charge in [-0.15, -0.1) is 0 Å². The Morgan fingerprint density at radius 1 is 0.450 bits per heavy atom. The van der Waals surface area contributed by atoms with Crippen molar-refractivity contribution in [3.05, 3.63) is 0 Å². The summed E-state index contributed by atoms with van der Waals surface area (Å²) in [7, 11) is 0. The maximum absolute atomic E-state index is 12.3. The molecule has 19 nitrogen and oxygen atoms in total. The molecule has 0 spiro atoms. The van der Waals surface area contributed by atoms with Crippen LogP contribution in [0.2, 0.25) is 0 Å². The van der Waals surface area contributed by atoms with Crippen LogP contribution in [-0.4, -0.2) is 136 Å². The third kappa shape index (κ3) is 39.5. The molecule has 10 N–H and O–H groups in total. The number of unbranched alkanes of at least 4 members (excludes halogenated alkanes) is 14. The van der Waals surface area contributed by atoms with Crippen molar-refractivity contribution in [3.63, 3.8) is 0 Å². The summed E-state index contributed by atoms with van der Waals surface area (Å²) in [6.07, 6.45) is 17.3. The van der Waals surface area contributed by atoms with Gasteiger partial charge in [0.15, 0.2) is 0 Å². The molecule has 0 saturated heterocycles. The highest BCUT2D eigenvalue weighted by Crippen LogP contribution is 2.14. The molecule has 348 valence electrons. The van der Waals surface area contributed by atoms with Gasteiger partial charge in [0, 0.05) is 38.9 Å². The van der Waals surface area contributed by atoms with Crippen LogP contribution in [0.1, 0.15) is 135 Å². The lowest BCUT2D eigenvalue weighted by Crippen LogP contribution is -2.41. The first kappa shape index (κ1) is 56.1. The molecule has 0 fully saturated rings. The summed E-state index contributed by atoms with van der Waals surface area (Å²) in [5, 5.41) is 28.7. The largest absolute Gasteiger partial charge is 0.481 e. The number of nitrogens with two attached hydrogens (primary N) is 2. The third-order valence-electron chi connectivity index (χ3n) is 9.31. The molecule has 0 aromatic carbocycles. The van der Waals surface area contributed by atoms with Crippen LogP contribution in [0, 0.1) is 0 Å². The predicted molar refractivity (Wildman–Crippen MR) is 224 cm³/mol. The fourth-order valence-electron chi connectivity index (χ4n) is 5.83. The summed E-state index contributed by atoms with van der Waals surface area (Å²) < 4.78 is 21.3. The molecule has 0 aromatic heterocycles. The SMILES string of the molecule is NC(=O)[C@@H](N)CCCCNC(=O)COCCOCCNC(=O)COCCOCCNC(=O)CC[C@H](NC(=O)CCCCCCCCCCCCCCCCC(=O)O)C(=O)O. The fraction of sp³-hybridized carbons (Fsp3) is 0.829. The number of carbonyl (C=O) groups is 7. The van der Waals surface area contributed by atoms with Crippen LogP contribution >= 0.6 is 0 Å². The smallest absolute Gasteiger partial charge is 0.326 e. The van der Waals surface area contributed by atoms with Crippen molar-refractivity contribution in [2.24, 2.45) is 11.5 Å². The number of rotatable bonds is 44. The quantitative estimate of drug-likeness (QED) is 0.0407. The van der Waals surface area contributed by atoms with Crippen molar-refractivity contribution in [2.75, 3.05) is 72.5 Å². The van der Waals surface area contributed by atoms with Crippen molar-refractivity contribution >= 4 is 41.5 Å². The lowest BCUT2D eigenvalue weighted by atomic mass is 10.0. The van der Waals surface area contributed by atoms with Crippen molar-refractivity contribution in [1.82, 2.24) is 21.3 Å². The van der Waals surface area contributed by atoms with Gasteiger partial charge in [0.1, 0.15) is 19.3 Å². The standard InChI is InChI=1S/C41H76N6O13/c42-33(40(43)54)17-15-16-22-44-37(50)31-59-29-28-58-26-24-46-38(51)32-60-30-27-57-25-23-45-35(48)21-20-34(41(55)56)47-36(49)18-13-11-9-7-5-3-1-2-4-6-8-10-12-14-19-39(52)53/h33-34H,1-32,42H2,(H2,43,54)(H,44,50)(H,45,48)(H,46,51)(H,47,49)(H,52,53)(H,55,56)/t33-,34-/m0/s1. The highest BCUT2D eigenvalue weighted by Gasteiger charge is 2.21. The molecular weight excluding hydrogens is 784 g/mol. The molecule has 0 aliphatic heterocycles. The third-order valence-corrected chi connectivity index (χ3v) is 9.31. The van der Waals surface area contributed by atoms with E-state index in [4.69, 9.17) is 35.5 Å². The normalized spacial score (nSPS) is 12.0. The summed E-state index contributed by atoms with van der Waals surface area (Å²) in [4.78, 5) is 81.2. The number of ether oxygens (including phenoxy) is 4. The maximum Gasteiger partial charge on any atom is 0.326 e. The summed E-state index contributed by atoms with van der Waals surface area (Å²) in [6, 6.07) is -1.82. The van der Waals surface area contributed by atoms with Gasteiger partial charge in [-0.05, 0) is 38.5 Å². The summed E-state index contributed by atoms with van der Waals surface area (Å²) >= 11 is 0. The molecule has 0 heterocycles. The number of nitrogens with one attached hydrogen (secondary N) is 4. The minimum absolute atomic E-state index is 0.0295. The molecule has 5 amide bonds. The average Bonchev–Trinajstić information content (AvgIpc) is 3.20. The van der Waals surface area contributed by atoms with E-state index in [2.05, 4.69) is 21.3 Å². The van der Waals surface area contributed by atoms with E-state index >= 15 is 0 Å². The second-order valence-electron chi connectivity index (χ2n) is 14.7. The molecule has 0 bridgehead atoms. The van der Waals surface area contributed by atoms with Crippen molar-refractivity contribution in [2.45, 2.75) is 147 Å². The Hall–Kier alpha value is -3.91. The van der Waals surface area contributed by atoms with Crippen LogP contribution in [0.4, 0.5) is 0 Å². The Bertz CT molecular complexity index is 1180. The molecule has 0 aliphatic carbocycles. The van der Waals surface area contributed by atoms with Gasteiger partial charge in [-0.25, -0.2) is 4.79 Å². The van der Waals surface area contributed by atoms with E-state index in [1.165, 1.54) is 44.9 Å². The Balaban J connectivity index is 3.65. The zero-order valence-corrected chi connectivity index (χ0v) is 35.8. The molecular formula is C41H76N6O13. The van der Waals surface area contributed by atoms with E-state index in [9.17, 15) is 38.7 Å². The van der Waals surface area contributed by atoms with Crippen LogP contribution in [0.25, 0.3) is 0 Å². The van der Waals surface area contributed by atoms with Crippen molar-refractivity contribution < 1.29 is 62.7 Å². The number of carbonyl (C=O) groups excluding carboxylic acids is 5. The van der Waals surface area contributed by atoms with E-state index in [1.807, 2.05) is 0 Å². The van der Waals surface area contributed by atoms with Gasteiger partial charge in [-0.2, -0.15) is 0 Å². The Labute approximate surface area is 355 Å². The van der Waals surface area contributed by atoms with E-state index in [0.29, 0.717) is 32.2 Å². The molecule has 60 heavy (non-hydrogen) atoms. The molecule has 0 saturated carbocycles. The highest BCUT2D eigenvalue weighted by atomic mass is 16.5. The number of amides is 5. The van der Waals surface area contributed by atoms with Gasteiger partial charge in [0.2, 0.25) is 29.5 Å². The van der Waals surface area contributed by atoms with E-state index in [-0.39, 0.29) is 115 Å². The number of hydrogen-bond donors (Lipinski definition) is 8. The van der Waals surface area contributed by atoms with Gasteiger partial charge in [-0.3, -0.25) is 28.8 Å². The van der Waals surface area contributed by atoms with Crippen LogP contribution in [0.15, 0.2) is 0 Å². The number of carboxylic acids is 2. The molecule has 0 aliphatic rings. The zero-order chi connectivity index (χ0) is 44.5. The molecule has 2 atom stereocenters. The number of primary amides is 1. The van der Waals surface area contributed by atoms with Gasteiger partial charge < -0.3 is 61.9 Å². The Morgan fingerprint density at radius 3 is 1.35 bits per heavy atom. The molecule has 0 unspecified atom stereocenters. The van der Waals surface area contributed by atoms with Gasteiger partial charge >= 0.3 is 11.9 Å². The minimum atomic E-state index is -1.19. The second kappa shape index (κ2) is 40.5. The first-order chi connectivity index (χ1) is 28.9. The topological polar surface area (TPSA) is 297 Å². The van der Waals surface area contributed by atoms with Crippen LogP contribution in [0.3, 0.4) is 0 Å². The maximum atomic E-state index is 12.3. The minimum Gasteiger partial charge on any atom is -0.481 e. The predicted octanol–water partition coefficient (Wildman–Crippen LogP) is 2.06. The van der Waals surface area contributed by atoms with E-state index in [1.54, 1.807) is 0 Å². The average molecular weight is 861 g/mol. The molecule has 0 rings (SSSR count). The Morgan fingerprint density at radius 2 is 0.883 bits per heavy atom. The number of hydrogen-bond acceptors (Lipinski definition) is 12. The fourth-order valence-corrected chi connectivity index (χ4v) is 5.83. The van der Waals surface area contributed by atoms with E-state index < -0.39 is 29.9 Å². The van der Waals surface area contributed by atoms with Gasteiger partial charge in [0.25, 0.3) is 0 Å². The van der Waals surface area contributed by atoms with Crippen molar-refractivity contribution in [1.29, 1.82) is 0 Å². The second-order valence-corrected chi connectivity index (χ2v) is 14.7. The van der Waals surface area contributed by atoms with Crippen LogP contribution in [0.5, 0.6) is 0 Å². The summed E-state index contributed by atoms with van der Waals surface area (Å²) in [6.45, 7) is 1.90. The highest BCUT2D eigenvalue weighted by molar-refractivity contribution is 5.84. The van der Waals surface area contributed by atoms with Crippen LogP contribution in [-0.2, 0) is 52.5 Å².